The van der Waals surface area contributed by atoms with E-state index in [2.05, 4.69) is 17.3 Å². The van der Waals surface area contributed by atoms with Crippen molar-refractivity contribution in [3.05, 3.63) is 0 Å². The van der Waals surface area contributed by atoms with Crippen molar-refractivity contribution in [2.75, 3.05) is 26.7 Å². The van der Waals surface area contributed by atoms with E-state index in [9.17, 15) is 5.11 Å². The van der Waals surface area contributed by atoms with Crippen LogP contribution in [0.25, 0.3) is 0 Å². The SMILES string of the molecule is CN(CC1(O)CCCCC1)C1CCNCC1. The van der Waals surface area contributed by atoms with Gasteiger partial charge in [0.1, 0.15) is 0 Å². The number of piperidine rings is 1. The first-order chi connectivity index (χ1) is 7.70. The Kier molecular flexibility index (Phi) is 4.22. The Morgan fingerprint density at radius 2 is 1.81 bits per heavy atom. The largest absolute Gasteiger partial charge is 0.389 e. The van der Waals surface area contributed by atoms with Gasteiger partial charge in [-0.25, -0.2) is 0 Å². The van der Waals surface area contributed by atoms with Gasteiger partial charge in [-0.2, -0.15) is 0 Å². The molecular formula is C13H26N2O. The first-order valence-electron chi connectivity index (χ1n) is 6.83. The lowest BCUT2D eigenvalue weighted by atomic mass is 9.84. The fraction of sp³-hybridized carbons (Fsp3) is 1.00. The van der Waals surface area contributed by atoms with Gasteiger partial charge in [0.2, 0.25) is 0 Å². The quantitative estimate of drug-likeness (QED) is 0.763. The molecule has 0 aromatic rings. The molecule has 1 saturated carbocycles. The summed E-state index contributed by atoms with van der Waals surface area (Å²) in [5, 5.41) is 13.9. The third-order valence-corrected chi connectivity index (χ3v) is 4.26. The fourth-order valence-corrected chi connectivity index (χ4v) is 3.21. The molecule has 2 aliphatic rings. The van der Waals surface area contributed by atoms with Crippen molar-refractivity contribution in [3.8, 4) is 0 Å². The maximum absolute atomic E-state index is 10.5. The monoisotopic (exact) mass is 226 g/mol. The van der Waals surface area contributed by atoms with Crippen LogP contribution in [0.5, 0.6) is 0 Å². The number of likely N-dealkylation sites (N-methyl/N-ethyl adjacent to an activating group) is 1. The molecule has 2 N–H and O–H groups in total. The van der Waals surface area contributed by atoms with Gasteiger partial charge >= 0.3 is 0 Å². The summed E-state index contributed by atoms with van der Waals surface area (Å²) in [6.07, 6.45) is 8.18. The highest BCUT2D eigenvalue weighted by Crippen LogP contribution is 2.29. The average Bonchev–Trinajstić information content (AvgIpc) is 2.30. The Morgan fingerprint density at radius 3 is 2.44 bits per heavy atom. The molecule has 1 saturated heterocycles. The second-order valence-electron chi connectivity index (χ2n) is 5.68. The van der Waals surface area contributed by atoms with Crippen LogP contribution >= 0.6 is 0 Å². The van der Waals surface area contributed by atoms with E-state index in [1.807, 2.05) is 0 Å². The lowest BCUT2D eigenvalue weighted by Crippen LogP contribution is -2.49. The van der Waals surface area contributed by atoms with Crippen LogP contribution in [0.1, 0.15) is 44.9 Å². The Labute approximate surface area is 99.2 Å². The van der Waals surface area contributed by atoms with Crippen LogP contribution in [0, 0.1) is 0 Å². The van der Waals surface area contributed by atoms with Crippen molar-refractivity contribution < 1.29 is 5.11 Å². The molecule has 0 radical (unpaired) electrons. The third kappa shape index (κ3) is 3.19. The van der Waals surface area contributed by atoms with Crippen LogP contribution in [-0.4, -0.2) is 48.3 Å². The standard InChI is InChI=1S/C13H26N2O/c1-15(12-5-9-14-10-6-12)11-13(16)7-3-2-4-8-13/h12,14,16H,2-11H2,1H3. The summed E-state index contributed by atoms with van der Waals surface area (Å²) in [6, 6.07) is 0.673. The number of nitrogens with zero attached hydrogens (tertiary/aromatic N) is 1. The first-order valence-corrected chi connectivity index (χ1v) is 6.83. The Bertz CT molecular complexity index is 208. The van der Waals surface area contributed by atoms with Crippen LogP contribution < -0.4 is 5.32 Å². The van der Waals surface area contributed by atoms with Crippen LogP contribution in [0.2, 0.25) is 0 Å². The molecule has 0 spiro atoms. The van der Waals surface area contributed by atoms with Crippen molar-refractivity contribution >= 4 is 0 Å². The molecule has 3 heteroatoms. The van der Waals surface area contributed by atoms with Gasteiger partial charge in [-0.15, -0.1) is 0 Å². The highest BCUT2D eigenvalue weighted by Gasteiger charge is 2.32. The lowest BCUT2D eigenvalue weighted by molar-refractivity contribution is -0.0316. The van der Waals surface area contributed by atoms with Gasteiger partial charge in [-0.05, 0) is 45.8 Å². The van der Waals surface area contributed by atoms with E-state index in [-0.39, 0.29) is 0 Å². The molecule has 2 fully saturated rings. The second-order valence-corrected chi connectivity index (χ2v) is 5.68. The van der Waals surface area contributed by atoms with Gasteiger partial charge in [0.25, 0.3) is 0 Å². The van der Waals surface area contributed by atoms with Gasteiger partial charge in [0.05, 0.1) is 5.60 Å². The number of aliphatic hydroxyl groups is 1. The minimum Gasteiger partial charge on any atom is -0.389 e. The number of rotatable bonds is 3. The topological polar surface area (TPSA) is 35.5 Å². The van der Waals surface area contributed by atoms with Crippen molar-refractivity contribution in [1.82, 2.24) is 10.2 Å². The highest BCUT2D eigenvalue weighted by atomic mass is 16.3. The van der Waals surface area contributed by atoms with Crippen LogP contribution in [0.15, 0.2) is 0 Å². The van der Waals surface area contributed by atoms with E-state index in [0.717, 1.165) is 32.5 Å². The summed E-state index contributed by atoms with van der Waals surface area (Å²) in [6.45, 7) is 3.14. The molecule has 1 aliphatic carbocycles. The van der Waals surface area contributed by atoms with Crippen LogP contribution in [0.3, 0.4) is 0 Å². The molecule has 0 aromatic heterocycles. The van der Waals surface area contributed by atoms with Gasteiger partial charge < -0.3 is 15.3 Å². The van der Waals surface area contributed by atoms with Crippen molar-refractivity contribution in [1.29, 1.82) is 0 Å². The summed E-state index contributed by atoms with van der Waals surface area (Å²) in [7, 11) is 2.18. The molecule has 94 valence electrons. The smallest absolute Gasteiger partial charge is 0.0774 e. The van der Waals surface area contributed by atoms with E-state index in [0.29, 0.717) is 6.04 Å². The van der Waals surface area contributed by atoms with Crippen LogP contribution in [0.4, 0.5) is 0 Å². The normalized spacial score (nSPS) is 27.2. The molecule has 1 aliphatic heterocycles. The van der Waals surface area contributed by atoms with Gasteiger partial charge in [-0.3, -0.25) is 0 Å². The zero-order chi connectivity index (χ0) is 11.4. The van der Waals surface area contributed by atoms with Gasteiger partial charge in [-0.1, -0.05) is 19.3 Å². The lowest BCUT2D eigenvalue weighted by Gasteiger charge is -2.39. The number of hydrogen-bond donors (Lipinski definition) is 2. The van der Waals surface area contributed by atoms with Crippen molar-refractivity contribution in [2.45, 2.75) is 56.6 Å². The Balaban J connectivity index is 1.82. The van der Waals surface area contributed by atoms with Crippen LogP contribution in [-0.2, 0) is 0 Å². The first kappa shape index (κ1) is 12.3. The molecule has 0 bridgehead atoms. The minimum absolute atomic E-state index is 0.391. The Hall–Kier alpha value is -0.120. The predicted molar refractivity (Wildman–Crippen MR) is 66.6 cm³/mol. The molecule has 0 amide bonds. The van der Waals surface area contributed by atoms with Crippen molar-refractivity contribution in [3.63, 3.8) is 0 Å². The molecule has 0 aromatic carbocycles. The second kappa shape index (κ2) is 5.48. The van der Waals surface area contributed by atoms with Crippen molar-refractivity contribution in [2.24, 2.45) is 0 Å². The zero-order valence-electron chi connectivity index (χ0n) is 10.5. The zero-order valence-corrected chi connectivity index (χ0v) is 10.5. The summed E-state index contributed by atoms with van der Waals surface area (Å²) in [5.41, 5.74) is -0.391. The van der Waals surface area contributed by atoms with Gasteiger partial charge in [0, 0.05) is 12.6 Å². The minimum atomic E-state index is -0.391. The van der Waals surface area contributed by atoms with Gasteiger partial charge in [0.15, 0.2) is 0 Å². The molecule has 0 unspecified atom stereocenters. The fourth-order valence-electron chi connectivity index (χ4n) is 3.21. The average molecular weight is 226 g/mol. The highest BCUT2D eigenvalue weighted by molar-refractivity contribution is 4.87. The molecule has 3 nitrogen and oxygen atoms in total. The molecule has 2 rings (SSSR count). The molecule has 16 heavy (non-hydrogen) atoms. The van der Waals surface area contributed by atoms with E-state index < -0.39 is 5.60 Å². The molecular weight excluding hydrogens is 200 g/mol. The van der Waals surface area contributed by atoms with E-state index >= 15 is 0 Å². The predicted octanol–water partition coefficient (Wildman–Crippen LogP) is 1.37. The Morgan fingerprint density at radius 1 is 1.19 bits per heavy atom. The maximum atomic E-state index is 10.5. The van der Waals surface area contributed by atoms with E-state index in [4.69, 9.17) is 0 Å². The summed E-state index contributed by atoms with van der Waals surface area (Å²) < 4.78 is 0. The summed E-state index contributed by atoms with van der Waals surface area (Å²) in [5.74, 6) is 0. The third-order valence-electron chi connectivity index (χ3n) is 4.26. The molecule has 1 heterocycles. The summed E-state index contributed by atoms with van der Waals surface area (Å²) in [4.78, 5) is 2.40. The summed E-state index contributed by atoms with van der Waals surface area (Å²) >= 11 is 0. The van der Waals surface area contributed by atoms with E-state index in [1.165, 1.54) is 32.1 Å². The number of nitrogens with one attached hydrogen (secondary N) is 1. The number of hydrogen-bond acceptors (Lipinski definition) is 3. The van der Waals surface area contributed by atoms with E-state index in [1.54, 1.807) is 0 Å². The maximum Gasteiger partial charge on any atom is 0.0774 e. The molecule has 0 atom stereocenters.